The third kappa shape index (κ3) is 4.94. The topological polar surface area (TPSA) is 120 Å². The molecule has 2 atom stereocenters. The van der Waals surface area contributed by atoms with Gasteiger partial charge in [0.25, 0.3) is 0 Å². The largest absolute Gasteiger partial charge is 0.507 e. The minimum Gasteiger partial charge on any atom is -0.507 e. The number of phenols is 1. The number of benzene rings is 2. The van der Waals surface area contributed by atoms with Gasteiger partial charge in [0.2, 0.25) is 0 Å². The van der Waals surface area contributed by atoms with E-state index >= 15 is 0 Å². The summed E-state index contributed by atoms with van der Waals surface area (Å²) in [6, 6.07) is 13.0. The molecule has 2 aromatic rings. The molecular formula is C27H36FN7O. The Morgan fingerprint density at radius 1 is 1.03 bits per heavy atom. The van der Waals surface area contributed by atoms with Gasteiger partial charge in [-0.3, -0.25) is 4.90 Å². The minimum atomic E-state index is -0.144. The molecule has 5 rings (SSSR count). The first-order valence-corrected chi connectivity index (χ1v) is 12.7. The van der Waals surface area contributed by atoms with Crippen LogP contribution in [-0.4, -0.2) is 66.3 Å². The molecule has 2 unspecified atom stereocenters. The molecule has 3 heterocycles. The van der Waals surface area contributed by atoms with Crippen LogP contribution in [0.2, 0.25) is 0 Å². The second kappa shape index (κ2) is 10.3. The van der Waals surface area contributed by atoms with Crippen LogP contribution in [0.25, 0.3) is 5.70 Å². The van der Waals surface area contributed by atoms with Gasteiger partial charge in [-0.15, -0.1) is 0 Å². The fraction of sp³-hybridized carbons (Fsp3) is 0.407. The lowest BCUT2D eigenvalue weighted by molar-refractivity contribution is 0.230. The smallest absolute Gasteiger partial charge is 0.127 e. The minimum absolute atomic E-state index is 0.110. The Hall–Kier alpha value is -3.43. The molecule has 2 aromatic carbocycles. The first-order chi connectivity index (χ1) is 17.4. The number of rotatable bonds is 6. The van der Waals surface area contributed by atoms with Crippen molar-refractivity contribution in [2.24, 2.45) is 17.2 Å². The summed E-state index contributed by atoms with van der Waals surface area (Å²) in [5.41, 5.74) is 22.0. The number of anilines is 1. The van der Waals surface area contributed by atoms with E-state index in [4.69, 9.17) is 17.2 Å². The highest BCUT2D eigenvalue weighted by Gasteiger charge is 2.41. The molecule has 0 saturated carbocycles. The normalized spacial score (nSPS) is 22.6. The van der Waals surface area contributed by atoms with Crippen molar-refractivity contribution < 1.29 is 9.50 Å². The highest BCUT2D eigenvalue weighted by atomic mass is 19.1. The molecule has 0 aromatic heterocycles. The average Bonchev–Trinajstić information content (AvgIpc) is 3.13. The van der Waals surface area contributed by atoms with E-state index < -0.39 is 0 Å². The van der Waals surface area contributed by atoms with Gasteiger partial charge < -0.3 is 37.4 Å². The molecule has 9 heteroatoms. The SMILES string of the molecule is NC(N)=C(/C=C(\N)c1ccccc1O)N1CC2CCC(C1)N2c1ccc(F)c(CN2CCNCC2)c1. The van der Waals surface area contributed by atoms with Gasteiger partial charge in [0.1, 0.15) is 17.4 Å². The Morgan fingerprint density at radius 3 is 2.39 bits per heavy atom. The van der Waals surface area contributed by atoms with Crippen LogP contribution in [-0.2, 0) is 6.54 Å². The lowest BCUT2D eigenvalue weighted by Gasteiger charge is -2.44. The number of para-hydroxylation sites is 1. The first-order valence-electron chi connectivity index (χ1n) is 12.7. The summed E-state index contributed by atoms with van der Waals surface area (Å²) in [5, 5.41) is 13.5. The van der Waals surface area contributed by atoms with Crippen molar-refractivity contribution in [3.63, 3.8) is 0 Å². The van der Waals surface area contributed by atoms with Crippen molar-refractivity contribution in [2.75, 3.05) is 44.2 Å². The van der Waals surface area contributed by atoms with Crippen LogP contribution in [0.15, 0.2) is 60.1 Å². The number of likely N-dealkylation sites (tertiary alicyclic amines) is 1. The number of nitrogens with one attached hydrogen (secondary N) is 1. The van der Waals surface area contributed by atoms with Gasteiger partial charge in [0.05, 0.1) is 5.70 Å². The van der Waals surface area contributed by atoms with Crippen molar-refractivity contribution >= 4 is 11.4 Å². The lowest BCUT2D eigenvalue weighted by Crippen LogP contribution is -2.54. The molecule has 3 saturated heterocycles. The molecule has 3 fully saturated rings. The summed E-state index contributed by atoms with van der Waals surface area (Å²) in [4.78, 5) is 6.93. The Kier molecular flexibility index (Phi) is 6.93. The number of aromatic hydroxyl groups is 1. The molecule has 3 aliphatic rings. The van der Waals surface area contributed by atoms with Crippen LogP contribution >= 0.6 is 0 Å². The summed E-state index contributed by atoms with van der Waals surface area (Å²) in [6.45, 7) is 5.84. The third-order valence-electron chi connectivity index (χ3n) is 7.56. The van der Waals surface area contributed by atoms with Crippen LogP contribution in [0.5, 0.6) is 5.75 Å². The van der Waals surface area contributed by atoms with Crippen molar-refractivity contribution in [2.45, 2.75) is 31.5 Å². The predicted octanol–water partition coefficient (Wildman–Crippen LogP) is 1.68. The molecule has 8 N–H and O–H groups in total. The number of allylic oxidation sites excluding steroid dienone is 1. The van der Waals surface area contributed by atoms with E-state index in [1.165, 1.54) is 0 Å². The summed E-state index contributed by atoms with van der Waals surface area (Å²) in [7, 11) is 0. The van der Waals surface area contributed by atoms with Gasteiger partial charge in [-0.05, 0) is 49.2 Å². The molecule has 0 radical (unpaired) electrons. The van der Waals surface area contributed by atoms with Gasteiger partial charge in [-0.25, -0.2) is 4.39 Å². The van der Waals surface area contributed by atoms with Crippen LogP contribution in [0.3, 0.4) is 0 Å². The van der Waals surface area contributed by atoms with Crippen LogP contribution in [0.1, 0.15) is 24.0 Å². The van der Waals surface area contributed by atoms with Crippen LogP contribution < -0.4 is 27.4 Å². The van der Waals surface area contributed by atoms with Crippen molar-refractivity contribution in [3.8, 4) is 5.75 Å². The highest BCUT2D eigenvalue weighted by molar-refractivity contribution is 5.70. The zero-order chi connectivity index (χ0) is 25.2. The van der Waals surface area contributed by atoms with Crippen molar-refractivity contribution in [3.05, 3.63) is 77.0 Å². The standard InChI is InChI=1S/C27H36FN7O/c28-23-8-7-19(13-18(23)15-33-11-9-32-10-12-33)35-20-5-6-21(35)17-34(16-20)25(27(30)31)14-24(29)22-3-1-2-4-26(22)36/h1-4,7-8,13-14,20-21,32,36H,5-6,9-12,15-17,29-31H2/b24-14-. The quantitative estimate of drug-likeness (QED) is 0.386. The van der Waals surface area contributed by atoms with Crippen molar-refractivity contribution in [1.29, 1.82) is 0 Å². The number of phenolic OH excluding ortho intramolecular Hbond substituents is 1. The second-order valence-corrected chi connectivity index (χ2v) is 9.96. The maximum atomic E-state index is 14.7. The zero-order valence-corrected chi connectivity index (χ0v) is 20.5. The number of nitrogens with zero attached hydrogens (tertiary/aromatic N) is 3. The molecule has 3 aliphatic heterocycles. The predicted molar refractivity (Wildman–Crippen MR) is 141 cm³/mol. The number of nitrogens with two attached hydrogens (primary N) is 3. The molecule has 0 aliphatic carbocycles. The monoisotopic (exact) mass is 493 g/mol. The molecule has 36 heavy (non-hydrogen) atoms. The fourth-order valence-electron chi connectivity index (χ4n) is 5.77. The molecule has 192 valence electrons. The summed E-state index contributed by atoms with van der Waals surface area (Å²) in [6.07, 6.45) is 3.84. The van der Waals surface area contributed by atoms with E-state index in [0.717, 1.165) is 63.4 Å². The van der Waals surface area contributed by atoms with E-state index in [1.807, 2.05) is 18.2 Å². The van der Waals surface area contributed by atoms with Gasteiger partial charge in [-0.2, -0.15) is 0 Å². The Bertz CT molecular complexity index is 1140. The molecular weight excluding hydrogens is 457 g/mol. The van der Waals surface area contributed by atoms with E-state index in [-0.39, 0.29) is 29.5 Å². The Labute approximate surface area is 211 Å². The van der Waals surface area contributed by atoms with E-state index in [9.17, 15) is 9.50 Å². The summed E-state index contributed by atoms with van der Waals surface area (Å²) >= 11 is 0. The molecule has 0 spiro atoms. The second-order valence-electron chi connectivity index (χ2n) is 9.96. The lowest BCUT2D eigenvalue weighted by atomic mass is 10.1. The van der Waals surface area contributed by atoms with E-state index in [2.05, 4.69) is 20.0 Å². The number of piperazine rings is 2. The van der Waals surface area contributed by atoms with Gasteiger partial charge in [0, 0.05) is 80.4 Å². The Morgan fingerprint density at radius 2 is 1.72 bits per heavy atom. The maximum Gasteiger partial charge on any atom is 0.127 e. The number of fused-ring (bicyclic) bond motifs is 2. The first kappa shape index (κ1) is 24.3. The summed E-state index contributed by atoms with van der Waals surface area (Å²) < 4.78 is 14.7. The van der Waals surface area contributed by atoms with Crippen LogP contribution in [0.4, 0.5) is 10.1 Å². The highest BCUT2D eigenvalue weighted by Crippen LogP contribution is 2.37. The summed E-state index contributed by atoms with van der Waals surface area (Å²) in [5.74, 6) is 0.162. The number of halogens is 1. The van der Waals surface area contributed by atoms with Gasteiger partial charge in [0.15, 0.2) is 0 Å². The molecule has 0 amide bonds. The van der Waals surface area contributed by atoms with Crippen LogP contribution in [0, 0.1) is 5.82 Å². The molecule has 8 nitrogen and oxygen atoms in total. The van der Waals surface area contributed by atoms with E-state index in [1.54, 1.807) is 30.3 Å². The average molecular weight is 494 g/mol. The van der Waals surface area contributed by atoms with Gasteiger partial charge >= 0.3 is 0 Å². The number of hydrogen-bond acceptors (Lipinski definition) is 8. The molecule has 2 bridgehead atoms. The van der Waals surface area contributed by atoms with Gasteiger partial charge in [-0.1, -0.05) is 12.1 Å². The number of hydrogen-bond donors (Lipinski definition) is 5. The maximum absolute atomic E-state index is 14.7. The Balaban J connectivity index is 1.35. The van der Waals surface area contributed by atoms with E-state index in [0.29, 0.717) is 23.5 Å². The van der Waals surface area contributed by atoms with Crippen molar-refractivity contribution in [1.82, 2.24) is 15.1 Å². The zero-order valence-electron chi connectivity index (χ0n) is 20.5. The fourth-order valence-corrected chi connectivity index (χ4v) is 5.77. The third-order valence-corrected chi connectivity index (χ3v) is 7.56.